The average molecular weight is 407 g/mol. The first-order chi connectivity index (χ1) is 14.4. The zero-order valence-corrected chi connectivity index (χ0v) is 17.0. The number of amides is 1. The molecule has 3 aromatic rings. The van der Waals surface area contributed by atoms with Crippen molar-refractivity contribution in [2.75, 3.05) is 13.2 Å². The smallest absolute Gasteiger partial charge is 0.258 e. The fraction of sp³-hybridized carbons (Fsp3) is 0.304. The van der Waals surface area contributed by atoms with Gasteiger partial charge in [0.05, 0.1) is 11.8 Å². The summed E-state index contributed by atoms with van der Waals surface area (Å²) in [7, 11) is 0. The van der Waals surface area contributed by atoms with Crippen LogP contribution in [0, 0.1) is 0 Å². The molecule has 1 aromatic heterocycles. The standard InChI is InChI=1S/C23H25N3O4/c1-23(2)13-17-5-3-6-20(22(17)30-23)29-15-21(28)24-14-19(27)16-7-9-18(10-8-16)26-12-4-11-25-26/h3-12,19,27H,13-15H2,1-2H3,(H,24,28). The summed E-state index contributed by atoms with van der Waals surface area (Å²) in [5.41, 5.74) is 2.41. The van der Waals surface area contributed by atoms with Crippen LogP contribution in [-0.4, -0.2) is 39.5 Å². The predicted molar refractivity (Wildman–Crippen MR) is 112 cm³/mol. The van der Waals surface area contributed by atoms with Gasteiger partial charge in [0.15, 0.2) is 18.1 Å². The Kier molecular flexibility index (Phi) is 5.46. The summed E-state index contributed by atoms with van der Waals surface area (Å²) in [6.45, 7) is 3.99. The van der Waals surface area contributed by atoms with Crippen LogP contribution < -0.4 is 14.8 Å². The molecule has 1 aliphatic heterocycles. The fourth-order valence-electron chi connectivity index (χ4n) is 3.49. The van der Waals surface area contributed by atoms with E-state index in [9.17, 15) is 9.90 Å². The second-order valence-electron chi connectivity index (χ2n) is 7.93. The van der Waals surface area contributed by atoms with E-state index in [4.69, 9.17) is 9.47 Å². The van der Waals surface area contributed by atoms with Crippen LogP contribution in [0.25, 0.3) is 5.69 Å². The molecule has 0 fully saturated rings. The first-order valence-corrected chi connectivity index (χ1v) is 9.90. The molecule has 1 amide bonds. The van der Waals surface area contributed by atoms with E-state index >= 15 is 0 Å². The van der Waals surface area contributed by atoms with Crippen LogP contribution in [0.4, 0.5) is 0 Å². The monoisotopic (exact) mass is 407 g/mol. The minimum Gasteiger partial charge on any atom is -0.483 e. The van der Waals surface area contributed by atoms with Crippen molar-refractivity contribution in [3.8, 4) is 17.2 Å². The van der Waals surface area contributed by atoms with Crippen LogP contribution in [0.3, 0.4) is 0 Å². The molecular weight excluding hydrogens is 382 g/mol. The number of ether oxygens (including phenoxy) is 2. The van der Waals surface area contributed by atoms with Gasteiger partial charge in [0, 0.05) is 30.9 Å². The number of aliphatic hydroxyl groups excluding tert-OH is 1. The number of nitrogens with zero attached hydrogens (tertiary/aromatic N) is 2. The van der Waals surface area contributed by atoms with Gasteiger partial charge in [-0.2, -0.15) is 5.10 Å². The normalized spacial score (nSPS) is 15.2. The molecule has 7 nitrogen and oxygen atoms in total. The minimum atomic E-state index is -0.814. The lowest BCUT2D eigenvalue weighted by molar-refractivity contribution is -0.123. The topological polar surface area (TPSA) is 85.6 Å². The Morgan fingerprint density at radius 1 is 1.27 bits per heavy atom. The number of carbonyl (C=O) groups is 1. The number of aliphatic hydroxyl groups is 1. The van der Waals surface area contributed by atoms with Gasteiger partial charge in [0.25, 0.3) is 5.91 Å². The molecule has 156 valence electrons. The molecule has 1 unspecified atom stereocenters. The number of hydrogen-bond donors (Lipinski definition) is 2. The van der Waals surface area contributed by atoms with Crippen molar-refractivity contribution in [3.63, 3.8) is 0 Å². The predicted octanol–water partition coefficient (Wildman–Crippen LogP) is 2.81. The Morgan fingerprint density at radius 3 is 2.80 bits per heavy atom. The third-order valence-electron chi connectivity index (χ3n) is 4.95. The van der Waals surface area contributed by atoms with Gasteiger partial charge < -0.3 is 19.9 Å². The Hall–Kier alpha value is -3.32. The third-order valence-corrected chi connectivity index (χ3v) is 4.95. The van der Waals surface area contributed by atoms with Crippen molar-refractivity contribution in [1.29, 1.82) is 0 Å². The molecule has 0 aliphatic carbocycles. The molecule has 2 aromatic carbocycles. The van der Waals surface area contributed by atoms with E-state index in [0.717, 1.165) is 17.7 Å². The van der Waals surface area contributed by atoms with E-state index in [1.807, 2.05) is 62.5 Å². The first kappa shape index (κ1) is 20.0. The van der Waals surface area contributed by atoms with E-state index in [2.05, 4.69) is 10.4 Å². The lowest BCUT2D eigenvalue weighted by Gasteiger charge is -2.18. The Labute approximate surface area is 175 Å². The highest BCUT2D eigenvalue weighted by Gasteiger charge is 2.32. The molecule has 4 rings (SSSR count). The first-order valence-electron chi connectivity index (χ1n) is 9.90. The largest absolute Gasteiger partial charge is 0.483 e. The number of rotatable bonds is 7. The molecule has 1 atom stereocenters. The van der Waals surface area contributed by atoms with E-state index in [0.29, 0.717) is 17.1 Å². The second-order valence-corrected chi connectivity index (χ2v) is 7.93. The number of hydrogen-bond acceptors (Lipinski definition) is 5. The second kappa shape index (κ2) is 8.20. The maximum absolute atomic E-state index is 12.2. The Balaban J connectivity index is 1.28. The van der Waals surface area contributed by atoms with Crippen LogP contribution in [0.2, 0.25) is 0 Å². The van der Waals surface area contributed by atoms with Crippen molar-refractivity contribution in [1.82, 2.24) is 15.1 Å². The Bertz CT molecular complexity index is 1010. The van der Waals surface area contributed by atoms with E-state index in [-0.39, 0.29) is 24.7 Å². The number of carbonyl (C=O) groups excluding carboxylic acids is 1. The number of para-hydroxylation sites is 1. The van der Waals surface area contributed by atoms with Crippen LogP contribution in [0.5, 0.6) is 11.5 Å². The summed E-state index contributed by atoms with van der Waals surface area (Å²) in [6, 6.07) is 14.9. The van der Waals surface area contributed by atoms with Crippen molar-refractivity contribution in [3.05, 3.63) is 72.1 Å². The molecule has 0 spiro atoms. The molecule has 0 bridgehead atoms. The third kappa shape index (κ3) is 4.46. The summed E-state index contributed by atoms with van der Waals surface area (Å²) >= 11 is 0. The lowest BCUT2D eigenvalue weighted by Crippen LogP contribution is -2.32. The van der Waals surface area contributed by atoms with Gasteiger partial charge in [-0.1, -0.05) is 24.3 Å². The van der Waals surface area contributed by atoms with Gasteiger partial charge in [-0.25, -0.2) is 4.68 Å². The van der Waals surface area contributed by atoms with Gasteiger partial charge in [-0.05, 0) is 43.7 Å². The van der Waals surface area contributed by atoms with Crippen LogP contribution in [0.1, 0.15) is 31.1 Å². The van der Waals surface area contributed by atoms with E-state index < -0.39 is 6.10 Å². The summed E-state index contributed by atoms with van der Waals surface area (Å²) in [6.07, 6.45) is 3.54. The molecule has 2 heterocycles. The lowest BCUT2D eigenvalue weighted by atomic mass is 10.0. The van der Waals surface area contributed by atoms with Gasteiger partial charge in [0.1, 0.15) is 5.60 Å². The SMILES string of the molecule is CC1(C)Cc2cccc(OCC(=O)NCC(O)c3ccc(-n4cccn4)cc3)c2O1. The molecule has 30 heavy (non-hydrogen) atoms. The van der Waals surface area contributed by atoms with Crippen LogP contribution in [0.15, 0.2) is 60.9 Å². The van der Waals surface area contributed by atoms with Gasteiger partial charge in [0.2, 0.25) is 0 Å². The van der Waals surface area contributed by atoms with Crippen molar-refractivity contribution in [2.45, 2.75) is 32.0 Å². The summed E-state index contributed by atoms with van der Waals surface area (Å²) in [4.78, 5) is 12.2. The minimum absolute atomic E-state index is 0.0970. The molecule has 0 radical (unpaired) electrons. The molecule has 7 heteroatoms. The molecular formula is C23H25N3O4. The van der Waals surface area contributed by atoms with Gasteiger partial charge in [-0.3, -0.25) is 4.79 Å². The molecule has 2 N–H and O–H groups in total. The highest BCUT2D eigenvalue weighted by molar-refractivity contribution is 5.77. The fourth-order valence-corrected chi connectivity index (χ4v) is 3.49. The quantitative estimate of drug-likeness (QED) is 0.629. The number of fused-ring (bicyclic) bond motifs is 1. The molecule has 0 saturated heterocycles. The zero-order valence-electron chi connectivity index (χ0n) is 17.0. The van der Waals surface area contributed by atoms with Crippen molar-refractivity contribution < 1.29 is 19.4 Å². The van der Waals surface area contributed by atoms with Crippen molar-refractivity contribution >= 4 is 5.91 Å². The van der Waals surface area contributed by atoms with Gasteiger partial charge in [-0.15, -0.1) is 0 Å². The van der Waals surface area contributed by atoms with Crippen LogP contribution in [-0.2, 0) is 11.2 Å². The van der Waals surface area contributed by atoms with E-state index in [1.54, 1.807) is 16.9 Å². The van der Waals surface area contributed by atoms with Crippen LogP contribution >= 0.6 is 0 Å². The number of benzene rings is 2. The highest BCUT2D eigenvalue weighted by atomic mass is 16.5. The van der Waals surface area contributed by atoms with Crippen molar-refractivity contribution in [2.24, 2.45) is 0 Å². The maximum Gasteiger partial charge on any atom is 0.258 e. The summed E-state index contributed by atoms with van der Waals surface area (Å²) in [5.74, 6) is 0.952. The number of nitrogens with one attached hydrogen (secondary N) is 1. The summed E-state index contributed by atoms with van der Waals surface area (Å²) < 4.78 is 13.4. The average Bonchev–Trinajstić information content (AvgIpc) is 3.37. The number of aromatic nitrogens is 2. The molecule has 0 saturated carbocycles. The molecule has 1 aliphatic rings. The Morgan fingerprint density at radius 2 is 2.07 bits per heavy atom. The highest BCUT2D eigenvalue weighted by Crippen LogP contribution is 2.41. The summed E-state index contributed by atoms with van der Waals surface area (Å²) in [5, 5.41) is 17.2. The van der Waals surface area contributed by atoms with E-state index in [1.165, 1.54) is 0 Å². The maximum atomic E-state index is 12.2. The van der Waals surface area contributed by atoms with Gasteiger partial charge >= 0.3 is 0 Å². The zero-order chi connectivity index (χ0) is 21.1.